The summed E-state index contributed by atoms with van der Waals surface area (Å²) in [5.74, 6) is 0. The van der Waals surface area contributed by atoms with Crippen molar-refractivity contribution >= 4 is 21.8 Å². The molecule has 1 aromatic heterocycles. The van der Waals surface area contributed by atoms with E-state index in [1.807, 2.05) is 24.3 Å². The first kappa shape index (κ1) is 11.3. The van der Waals surface area contributed by atoms with Gasteiger partial charge >= 0.3 is 0 Å². The molecule has 18 heavy (non-hydrogen) atoms. The van der Waals surface area contributed by atoms with Crippen molar-refractivity contribution in [2.24, 2.45) is 0 Å². The maximum absolute atomic E-state index is 9.27. The second kappa shape index (κ2) is 4.12. The molecular formula is C15H15NO2. The maximum Gasteiger partial charge on any atom is 0.178 e. The summed E-state index contributed by atoms with van der Waals surface area (Å²) >= 11 is 0. The molecule has 0 spiro atoms. The van der Waals surface area contributed by atoms with E-state index >= 15 is 0 Å². The molecule has 0 fully saturated rings. The number of fused-ring (bicyclic) bond motifs is 3. The summed E-state index contributed by atoms with van der Waals surface area (Å²) in [5, 5.41) is 20.8. The summed E-state index contributed by atoms with van der Waals surface area (Å²) < 4.78 is 2.23. The van der Waals surface area contributed by atoms with Crippen molar-refractivity contribution in [3.05, 3.63) is 48.0 Å². The largest absolute Gasteiger partial charge is 0.364 e. The van der Waals surface area contributed by atoms with Crippen molar-refractivity contribution in [1.82, 2.24) is 4.57 Å². The highest BCUT2D eigenvalue weighted by Crippen LogP contribution is 2.30. The fraction of sp³-hybridized carbons (Fsp3) is 0.200. The van der Waals surface area contributed by atoms with Crippen molar-refractivity contribution in [3.63, 3.8) is 0 Å². The van der Waals surface area contributed by atoms with Crippen molar-refractivity contribution in [2.75, 3.05) is 0 Å². The van der Waals surface area contributed by atoms with Gasteiger partial charge in [0.05, 0.1) is 0 Å². The number of aliphatic hydroxyl groups excluding tert-OH is 1. The highest BCUT2D eigenvalue weighted by molar-refractivity contribution is 6.08. The fourth-order valence-corrected chi connectivity index (χ4v) is 2.57. The molecule has 0 saturated heterocycles. The minimum absolute atomic E-state index is 0.529. The van der Waals surface area contributed by atoms with Gasteiger partial charge in [-0.05, 0) is 25.1 Å². The Kier molecular flexibility index (Phi) is 2.58. The third-order valence-electron chi connectivity index (χ3n) is 3.41. The molecule has 0 saturated carbocycles. The Hall–Kier alpha value is -1.84. The maximum atomic E-state index is 9.27. The zero-order valence-electron chi connectivity index (χ0n) is 10.2. The lowest BCUT2D eigenvalue weighted by atomic mass is 10.1. The third-order valence-corrected chi connectivity index (χ3v) is 3.41. The van der Waals surface area contributed by atoms with Crippen molar-refractivity contribution in [1.29, 1.82) is 0 Å². The Morgan fingerprint density at radius 2 is 1.72 bits per heavy atom. The molecule has 92 valence electrons. The molecule has 0 radical (unpaired) electrons. The topological polar surface area (TPSA) is 45.4 Å². The zero-order valence-corrected chi connectivity index (χ0v) is 10.2. The van der Waals surface area contributed by atoms with E-state index in [1.54, 1.807) is 6.07 Å². The molecule has 0 atom stereocenters. The van der Waals surface area contributed by atoms with Crippen LogP contribution in [0.2, 0.25) is 0 Å². The second-order valence-electron chi connectivity index (χ2n) is 4.41. The van der Waals surface area contributed by atoms with E-state index in [2.05, 4.69) is 23.6 Å². The first-order chi connectivity index (χ1) is 8.72. The SMILES string of the molecule is CCn1c2ccccc2c2cc(C(O)O)ccc21. The Morgan fingerprint density at radius 1 is 1.00 bits per heavy atom. The second-order valence-corrected chi connectivity index (χ2v) is 4.41. The summed E-state index contributed by atoms with van der Waals surface area (Å²) in [6.07, 6.45) is -1.42. The predicted molar refractivity (Wildman–Crippen MR) is 72.3 cm³/mol. The molecule has 0 amide bonds. The van der Waals surface area contributed by atoms with Crippen LogP contribution in [0.3, 0.4) is 0 Å². The van der Waals surface area contributed by atoms with Crippen molar-refractivity contribution in [3.8, 4) is 0 Å². The summed E-state index contributed by atoms with van der Waals surface area (Å²) in [5.41, 5.74) is 2.84. The number of hydrogen-bond acceptors (Lipinski definition) is 2. The van der Waals surface area contributed by atoms with E-state index in [0.29, 0.717) is 5.56 Å². The van der Waals surface area contributed by atoms with Crippen molar-refractivity contribution < 1.29 is 10.2 Å². The van der Waals surface area contributed by atoms with Gasteiger partial charge in [0, 0.05) is 33.9 Å². The Morgan fingerprint density at radius 3 is 2.44 bits per heavy atom. The standard InChI is InChI=1S/C15H15NO2/c1-2-16-13-6-4-3-5-11(13)12-9-10(15(17)18)7-8-14(12)16/h3-9,15,17-18H,2H2,1H3. The number of aryl methyl sites for hydroxylation is 1. The summed E-state index contributed by atoms with van der Waals surface area (Å²) in [6, 6.07) is 13.8. The number of rotatable bonds is 2. The van der Waals surface area contributed by atoms with Crippen LogP contribution < -0.4 is 0 Å². The molecular weight excluding hydrogens is 226 g/mol. The molecule has 3 heteroatoms. The van der Waals surface area contributed by atoms with E-state index < -0.39 is 6.29 Å². The first-order valence-electron chi connectivity index (χ1n) is 6.09. The summed E-state index contributed by atoms with van der Waals surface area (Å²) in [6.45, 7) is 3.01. The van der Waals surface area contributed by atoms with E-state index in [9.17, 15) is 10.2 Å². The van der Waals surface area contributed by atoms with Gasteiger partial charge in [0.2, 0.25) is 0 Å². The molecule has 2 N–H and O–H groups in total. The highest BCUT2D eigenvalue weighted by Gasteiger charge is 2.11. The van der Waals surface area contributed by atoms with Crippen LogP contribution in [0.25, 0.3) is 21.8 Å². The molecule has 0 aliphatic carbocycles. The normalized spacial score (nSPS) is 11.8. The monoisotopic (exact) mass is 241 g/mol. The molecule has 3 rings (SSSR count). The quantitative estimate of drug-likeness (QED) is 0.678. The average molecular weight is 241 g/mol. The molecule has 0 aliphatic rings. The van der Waals surface area contributed by atoms with Gasteiger partial charge in [-0.2, -0.15) is 0 Å². The lowest BCUT2D eigenvalue weighted by Crippen LogP contribution is -1.95. The first-order valence-corrected chi connectivity index (χ1v) is 6.09. The van der Waals surface area contributed by atoms with Gasteiger partial charge in [0.1, 0.15) is 0 Å². The Labute approximate surface area is 105 Å². The van der Waals surface area contributed by atoms with Gasteiger partial charge in [-0.3, -0.25) is 0 Å². The van der Waals surface area contributed by atoms with E-state index in [-0.39, 0.29) is 0 Å². The van der Waals surface area contributed by atoms with Crippen LogP contribution in [0.1, 0.15) is 18.8 Å². The minimum atomic E-state index is -1.42. The molecule has 3 aromatic rings. The minimum Gasteiger partial charge on any atom is -0.364 e. The summed E-state index contributed by atoms with van der Waals surface area (Å²) in [4.78, 5) is 0. The van der Waals surface area contributed by atoms with E-state index in [1.165, 1.54) is 5.52 Å². The summed E-state index contributed by atoms with van der Waals surface area (Å²) in [7, 11) is 0. The number of aromatic nitrogens is 1. The van der Waals surface area contributed by atoms with Gasteiger partial charge in [-0.15, -0.1) is 0 Å². The fourth-order valence-electron chi connectivity index (χ4n) is 2.57. The smallest absolute Gasteiger partial charge is 0.178 e. The van der Waals surface area contributed by atoms with Gasteiger partial charge in [0.15, 0.2) is 6.29 Å². The Bertz CT molecular complexity index is 713. The highest BCUT2D eigenvalue weighted by atomic mass is 16.5. The lowest BCUT2D eigenvalue weighted by Gasteiger charge is -2.05. The predicted octanol–water partition coefficient (Wildman–Crippen LogP) is 2.80. The van der Waals surface area contributed by atoms with Crippen LogP contribution in [-0.4, -0.2) is 14.8 Å². The number of hydrogen-bond donors (Lipinski definition) is 2. The number of nitrogens with zero attached hydrogens (tertiary/aromatic N) is 1. The van der Waals surface area contributed by atoms with Gasteiger partial charge < -0.3 is 14.8 Å². The molecule has 1 heterocycles. The number of benzene rings is 2. The molecule has 0 unspecified atom stereocenters. The third kappa shape index (κ3) is 1.52. The van der Waals surface area contributed by atoms with Gasteiger partial charge in [0.25, 0.3) is 0 Å². The van der Waals surface area contributed by atoms with Crippen LogP contribution in [0.4, 0.5) is 0 Å². The van der Waals surface area contributed by atoms with Crippen LogP contribution in [0.15, 0.2) is 42.5 Å². The van der Waals surface area contributed by atoms with E-state index in [4.69, 9.17) is 0 Å². The van der Waals surface area contributed by atoms with Gasteiger partial charge in [-0.25, -0.2) is 0 Å². The number of aliphatic hydroxyl groups is 2. The van der Waals surface area contributed by atoms with Crippen molar-refractivity contribution in [2.45, 2.75) is 19.8 Å². The lowest BCUT2D eigenvalue weighted by molar-refractivity contribution is -0.0423. The number of para-hydroxylation sites is 1. The van der Waals surface area contributed by atoms with E-state index in [0.717, 1.165) is 22.8 Å². The average Bonchev–Trinajstić information content (AvgIpc) is 2.71. The van der Waals surface area contributed by atoms with Crippen LogP contribution >= 0.6 is 0 Å². The molecule has 2 aromatic carbocycles. The Balaban J connectivity index is 2.45. The van der Waals surface area contributed by atoms with Crippen LogP contribution in [0, 0.1) is 0 Å². The molecule has 0 bridgehead atoms. The van der Waals surface area contributed by atoms with Crippen LogP contribution in [-0.2, 0) is 6.54 Å². The molecule has 0 aliphatic heterocycles. The zero-order chi connectivity index (χ0) is 12.7. The molecule has 3 nitrogen and oxygen atoms in total. The van der Waals surface area contributed by atoms with Crippen LogP contribution in [0.5, 0.6) is 0 Å². The van der Waals surface area contributed by atoms with Gasteiger partial charge in [-0.1, -0.05) is 24.3 Å².